The predicted octanol–water partition coefficient (Wildman–Crippen LogP) is 2.29. The summed E-state index contributed by atoms with van der Waals surface area (Å²) in [6.45, 7) is 7.37. The predicted molar refractivity (Wildman–Crippen MR) is 66.8 cm³/mol. The van der Waals surface area contributed by atoms with Crippen LogP contribution in [0.3, 0.4) is 0 Å². The Morgan fingerprint density at radius 2 is 2.00 bits per heavy atom. The lowest BCUT2D eigenvalue weighted by molar-refractivity contribution is 0.913. The fourth-order valence-electron chi connectivity index (χ4n) is 1.89. The van der Waals surface area contributed by atoms with E-state index in [1.807, 2.05) is 0 Å². The van der Waals surface area contributed by atoms with Crippen LogP contribution in [0.1, 0.15) is 32.8 Å². The summed E-state index contributed by atoms with van der Waals surface area (Å²) in [6, 6.07) is 0.606. The molecule has 0 spiro atoms. The summed E-state index contributed by atoms with van der Waals surface area (Å²) >= 11 is 0. The van der Waals surface area contributed by atoms with Gasteiger partial charge in [0.05, 0.1) is 0 Å². The fraction of sp³-hybridized carbons (Fsp3) is 0.667. The van der Waals surface area contributed by atoms with Crippen LogP contribution in [0, 0.1) is 5.92 Å². The Hall–Kier alpha value is -1.32. The molecule has 0 aromatic carbocycles. The monoisotopic (exact) mass is 220 g/mol. The van der Waals surface area contributed by atoms with Crippen LogP contribution in [-0.4, -0.2) is 22.6 Å². The van der Waals surface area contributed by atoms with Gasteiger partial charge in [-0.1, -0.05) is 13.8 Å². The van der Waals surface area contributed by atoms with Crippen molar-refractivity contribution in [2.24, 2.45) is 5.92 Å². The molecule has 88 valence electrons. The van der Waals surface area contributed by atoms with Gasteiger partial charge in [0, 0.05) is 18.2 Å². The van der Waals surface area contributed by atoms with Crippen molar-refractivity contribution in [3.63, 3.8) is 0 Å². The molecule has 2 N–H and O–H groups in total. The van der Waals surface area contributed by atoms with Crippen LogP contribution in [0.5, 0.6) is 0 Å². The highest BCUT2D eigenvalue weighted by atomic mass is 15.1. The molecule has 1 aromatic rings. The molecule has 2 unspecified atom stereocenters. The van der Waals surface area contributed by atoms with Crippen molar-refractivity contribution >= 4 is 11.6 Å². The van der Waals surface area contributed by atoms with E-state index in [4.69, 9.17) is 0 Å². The third kappa shape index (κ3) is 2.26. The van der Waals surface area contributed by atoms with Crippen molar-refractivity contribution in [2.45, 2.75) is 39.7 Å². The highest BCUT2D eigenvalue weighted by Gasteiger charge is 2.33. The number of nitrogens with zero attached hydrogens (tertiary/aromatic N) is 2. The lowest BCUT2D eigenvalue weighted by Gasteiger charge is -2.13. The van der Waals surface area contributed by atoms with Crippen LogP contribution in [0.2, 0.25) is 0 Å². The first-order valence-corrected chi connectivity index (χ1v) is 6.10. The van der Waals surface area contributed by atoms with E-state index in [2.05, 4.69) is 41.4 Å². The molecular formula is C12H20N4. The van der Waals surface area contributed by atoms with E-state index in [0.29, 0.717) is 6.04 Å². The lowest BCUT2D eigenvalue weighted by atomic mass is 10.2. The van der Waals surface area contributed by atoms with Crippen molar-refractivity contribution in [3.8, 4) is 0 Å². The zero-order chi connectivity index (χ0) is 11.5. The smallest absolute Gasteiger partial charge is 0.134 e. The summed E-state index contributed by atoms with van der Waals surface area (Å²) in [4.78, 5) is 8.63. The Morgan fingerprint density at radius 3 is 2.56 bits per heavy atom. The Balaban J connectivity index is 2.18. The normalized spacial score (nSPS) is 22.9. The van der Waals surface area contributed by atoms with Gasteiger partial charge in [-0.05, 0) is 25.7 Å². The first-order valence-electron chi connectivity index (χ1n) is 6.10. The summed E-state index contributed by atoms with van der Waals surface area (Å²) in [5.74, 6) is 2.75. The quantitative estimate of drug-likeness (QED) is 0.799. The summed E-state index contributed by atoms with van der Waals surface area (Å²) in [5, 5.41) is 6.77. The van der Waals surface area contributed by atoms with Gasteiger partial charge in [-0.25, -0.2) is 9.97 Å². The van der Waals surface area contributed by atoms with Crippen LogP contribution in [0.15, 0.2) is 6.33 Å². The molecular weight excluding hydrogens is 200 g/mol. The number of nitrogens with one attached hydrogen (secondary N) is 2. The van der Waals surface area contributed by atoms with Crippen molar-refractivity contribution in [1.29, 1.82) is 0 Å². The molecule has 2 atom stereocenters. The maximum Gasteiger partial charge on any atom is 0.134 e. The topological polar surface area (TPSA) is 49.8 Å². The minimum atomic E-state index is 0.606. The minimum Gasteiger partial charge on any atom is -0.370 e. The average molecular weight is 220 g/mol. The summed E-state index contributed by atoms with van der Waals surface area (Å²) in [6.07, 6.45) is 3.84. The molecule has 1 heterocycles. The maximum atomic E-state index is 4.34. The summed E-state index contributed by atoms with van der Waals surface area (Å²) < 4.78 is 0. The standard InChI is InChI=1S/C12H20N4/c1-4-9-11(13-5-2)14-7-15-12(9)16-10-6-8(10)3/h7-8,10H,4-6H2,1-3H3,(H2,13,14,15,16). The third-order valence-corrected chi connectivity index (χ3v) is 3.07. The Bertz CT molecular complexity index is 364. The van der Waals surface area contributed by atoms with E-state index in [0.717, 1.165) is 30.5 Å². The molecule has 1 fully saturated rings. The van der Waals surface area contributed by atoms with E-state index in [1.54, 1.807) is 6.33 Å². The molecule has 2 rings (SSSR count). The van der Waals surface area contributed by atoms with Crippen molar-refractivity contribution in [2.75, 3.05) is 17.2 Å². The molecule has 1 aliphatic rings. The molecule has 0 saturated heterocycles. The molecule has 4 nitrogen and oxygen atoms in total. The van der Waals surface area contributed by atoms with Gasteiger partial charge < -0.3 is 10.6 Å². The van der Waals surface area contributed by atoms with E-state index in [-0.39, 0.29) is 0 Å². The van der Waals surface area contributed by atoms with E-state index >= 15 is 0 Å². The van der Waals surface area contributed by atoms with E-state index in [1.165, 1.54) is 12.0 Å². The van der Waals surface area contributed by atoms with Gasteiger partial charge in [0.15, 0.2) is 0 Å². The van der Waals surface area contributed by atoms with E-state index in [9.17, 15) is 0 Å². The van der Waals surface area contributed by atoms with Gasteiger partial charge in [-0.3, -0.25) is 0 Å². The molecule has 0 bridgehead atoms. The molecule has 0 radical (unpaired) electrons. The first-order chi connectivity index (χ1) is 7.76. The van der Waals surface area contributed by atoms with E-state index < -0.39 is 0 Å². The second-order valence-corrected chi connectivity index (χ2v) is 4.40. The largest absolute Gasteiger partial charge is 0.370 e. The molecule has 1 aromatic heterocycles. The van der Waals surface area contributed by atoms with Gasteiger partial charge in [0.25, 0.3) is 0 Å². The number of hydrogen-bond acceptors (Lipinski definition) is 4. The second kappa shape index (κ2) is 4.68. The highest BCUT2D eigenvalue weighted by Crippen LogP contribution is 2.33. The van der Waals surface area contributed by atoms with Crippen molar-refractivity contribution in [1.82, 2.24) is 9.97 Å². The van der Waals surface area contributed by atoms with Crippen molar-refractivity contribution in [3.05, 3.63) is 11.9 Å². The summed E-state index contributed by atoms with van der Waals surface area (Å²) in [7, 11) is 0. The average Bonchev–Trinajstić information content (AvgIpc) is 2.95. The van der Waals surface area contributed by atoms with Gasteiger partial charge in [-0.15, -0.1) is 0 Å². The minimum absolute atomic E-state index is 0.606. The zero-order valence-corrected chi connectivity index (χ0v) is 10.2. The summed E-state index contributed by atoms with van der Waals surface area (Å²) in [5.41, 5.74) is 1.20. The first kappa shape index (κ1) is 11.2. The molecule has 1 saturated carbocycles. The zero-order valence-electron chi connectivity index (χ0n) is 10.2. The Kier molecular flexibility index (Phi) is 3.27. The number of hydrogen-bond donors (Lipinski definition) is 2. The van der Waals surface area contributed by atoms with Crippen molar-refractivity contribution < 1.29 is 0 Å². The lowest BCUT2D eigenvalue weighted by Crippen LogP contribution is -2.11. The number of rotatable bonds is 5. The highest BCUT2D eigenvalue weighted by molar-refractivity contribution is 5.58. The number of anilines is 2. The third-order valence-electron chi connectivity index (χ3n) is 3.07. The van der Waals surface area contributed by atoms with Crippen LogP contribution in [0.4, 0.5) is 11.6 Å². The molecule has 0 amide bonds. The SMILES string of the molecule is CCNc1ncnc(NC2CC2C)c1CC. The molecule has 16 heavy (non-hydrogen) atoms. The van der Waals surface area contributed by atoms with Crippen LogP contribution in [-0.2, 0) is 6.42 Å². The van der Waals surface area contributed by atoms with Gasteiger partial charge in [-0.2, -0.15) is 0 Å². The molecule has 1 aliphatic carbocycles. The molecule has 4 heteroatoms. The van der Waals surface area contributed by atoms with Crippen LogP contribution in [0.25, 0.3) is 0 Å². The Labute approximate surface area is 96.9 Å². The van der Waals surface area contributed by atoms with Gasteiger partial charge in [0.1, 0.15) is 18.0 Å². The maximum absolute atomic E-state index is 4.34. The second-order valence-electron chi connectivity index (χ2n) is 4.40. The van der Waals surface area contributed by atoms with Crippen LogP contribution >= 0.6 is 0 Å². The van der Waals surface area contributed by atoms with Gasteiger partial charge >= 0.3 is 0 Å². The number of aromatic nitrogens is 2. The Morgan fingerprint density at radius 1 is 1.31 bits per heavy atom. The van der Waals surface area contributed by atoms with Gasteiger partial charge in [0.2, 0.25) is 0 Å². The fourth-order valence-corrected chi connectivity index (χ4v) is 1.89. The van der Waals surface area contributed by atoms with Crippen LogP contribution < -0.4 is 10.6 Å². The molecule has 0 aliphatic heterocycles.